The highest BCUT2D eigenvalue weighted by Gasteiger charge is 2.12. The standard InChI is InChI=1S/C10H7F2NO/c11-10(12)6-2-1-3-7-9(6)8(14)4-5-13-7/h1-5,10H,(H,13,14). The Balaban J connectivity index is 2.91. The molecular weight excluding hydrogens is 188 g/mol. The van der Waals surface area contributed by atoms with E-state index in [0.29, 0.717) is 5.52 Å². The van der Waals surface area contributed by atoms with E-state index in [9.17, 15) is 13.6 Å². The van der Waals surface area contributed by atoms with E-state index in [4.69, 9.17) is 0 Å². The fourth-order valence-corrected chi connectivity index (χ4v) is 1.44. The van der Waals surface area contributed by atoms with Gasteiger partial charge in [-0.2, -0.15) is 0 Å². The summed E-state index contributed by atoms with van der Waals surface area (Å²) in [5.74, 6) is 0. The third-order valence-electron chi connectivity index (χ3n) is 2.05. The number of rotatable bonds is 1. The molecule has 0 atom stereocenters. The molecule has 0 unspecified atom stereocenters. The van der Waals surface area contributed by atoms with E-state index < -0.39 is 6.43 Å². The summed E-state index contributed by atoms with van der Waals surface area (Å²) in [7, 11) is 0. The Kier molecular flexibility index (Phi) is 2.04. The highest BCUT2D eigenvalue weighted by atomic mass is 19.3. The van der Waals surface area contributed by atoms with E-state index in [1.165, 1.54) is 24.4 Å². The van der Waals surface area contributed by atoms with Crippen molar-refractivity contribution >= 4 is 10.9 Å². The molecule has 0 amide bonds. The number of hydrogen-bond acceptors (Lipinski definition) is 1. The van der Waals surface area contributed by atoms with Crippen LogP contribution in [0.3, 0.4) is 0 Å². The summed E-state index contributed by atoms with van der Waals surface area (Å²) in [6, 6.07) is 5.61. The van der Waals surface area contributed by atoms with E-state index in [2.05, 4.69) is 4.98 Å². The molecule has 0 saturated carbocycles. The molecule has 2 rings (SSSR count). The fraction of sp³-hybridized carbons (Fsp3) is 0.100. The van der Waals surface area contributed by atoms with Crippen LogP contribution in [0.4, 0.5) is 8.78 Å². The Morgan fingerprint density at radius 1 is 1.21 bits per heavy atom. The SMILES string of the molecule is O=c1cc[nH]c2cccc(C(F)F)c12. The van der Waals surface area contributed by atoms with E-state index in [0.717, 1.165) is 0 Å². The zero-order chi connectivity index (χ0) is 10.1. The number of alkyl halides is 2. The van der Waals surface area contributed by atoms with Crippen molar-refractivity contribution in [2.75, 3.05) is 0 Å². The molecule has 0 aliphatic rings. The van der Waals surface area contributed by atoms with Crippen molar-refractivity contribution in [2.45, 2.75) is 6.43 Å². The molecule has 2 aromatic rings. The van der Waals surface area contributed by atoms with Gasteiger partial charge >= 0.3 is 0 Å². The van der Waals surface area contributed by atoms with Gasteiger partial charge in [0, 0.05) is 23.3 Å². The Labute approximate surface area is 78.2 Å². The first-order valence-corrected chi connectivity index (χ1v) is 4.08. The third kappa shape index (κ3) is 1.28. The van der Waals surface area contributed by atoms with Gasteiger partial charge in [0.2, 0.25) is 0 Å². The lowest BCUT2D eigenvalue weighted by Gasteiger charge is -2.03. The molecule has 1 heterocycles. The van der Waals surface area contributed by atoms with Gasteiger partial charge in [-0.15, -0.1) is 0 Å². The van der Waals surface area contributed by atoms with Gasteiger partial charge in [0.15, 0.2) is 5.43 Å². The third-order valence-corrected chi connectivity index (χ3v) is 2.05. The lowest BCUT2D eigenvalue weighted by molar-refractivity contribution is 0.153. The molecule has 72 valence electrons. The maximum absolute atomic E-state index is 12.5. The average molecular weight is 195 g/mol. The molecule has 0 aliphatic heterocycles. The summed E-state index contributed by atoms with van der Waals surface area (Å²) in [4.78, 5) is 14.1. The molecule has 0 saturated heterocycles. The summed E-state index contributed by atoms with van der Waals surface area (Å²) in [5, 5.41) is 0.0741. The number of nitrogens with one attached hydrogen (secondary N) is 1. The van der Waals surface area contributed by atoms with E-state index >= 15 is 0 Å². The minimum atomic E-state index is -2.62. The molecule has 1 aromatic carbocycles. The summed E-state index contributed by atoms with van der Waals surface area (Å²) < 4.78 is 25.0. The average Bonchev–Trinajstić information content (AvgIpc) is 2.17. The largest absolute Gasteiger partial charge is 0.361 e. The van der Waals surface area contributed by atoms with E-state index in [1.54, 1.807) is 6.07 Å². The molecule has 4 heteroatoms. The number of pyridine rings is 1. The number of hydrogen-bond donors (Lipinski definition) is 1. The monoisotopic (exact) mass is 195 g/mol. The van der Waals surface area contributed by atoms with E-state index in [1.807, 2.05) is 0 Å². The minimum Gasteiger partial charge on any atom is -0.361 e. The number of benzene rings is 1. The van der Waals surface area contributed by atoms with Gasteiger partial charge in [0.25, 0.3) is 6.43 Å². The smallest absolute Gasteiger partial charge is 0.264 e. The van der Waals surface area contributed by atoms with Gasteiger partial charge in [0.1, 0.15) is 0 Å². The molecule has 2 nitrogen and oxygen atoms in total. The van der Waals surface area contributed by atoms with Crippen LogP contribution in [-0.2, 0) is 0 Å². The normalized spacial score (nSPS) is 11.1. The molecule has 0 aliphatic carbocycles. The Morgan fingerprint density at radius 2 is 2.00 bits per heavy atom. The van der Waals surface area contributed by atoms with Crippen molar-refractivity contribution in [2.24, 2.45) is 0 Å². The summed E-state index contributed by atoms with van der Waals surface area (Å²) in [6.45, 7) is 0. The first-order valence-electron chi connectivity index (χ1n) is 4.08. The van der Waals surface area contributed by atoms with Crippen molar-refractivity contribution in [1.82, 2.24) is 4.98 Å². The van der Waals surface area contributed by atoms with Crippen LogP contribution in [0.2, 0.25) is 0 Å². The van der Waals surface area contributed by atoms with Crippen LogP contribution in [0.25, 0.3) is 10.9 Å². The lowest BCUT2D eigenvalue weighted by atomic mass is 10.1. The topological polar surface area (TPSA) is 32.9 Å². The number of aromatic amines is 1. The first-order chi connectivity index (χ1) is 6.70. The van der Waals surface area contributed by atoms with Crippen molar-refractivity contribution in [3.63, 3.8) is 0 Å². The van der Waals surface area contributed by atoms with Gasteiger partial charge in [-0.25, -0.2) is 8.78 Å². The summed E-state index contributed by atoms with van der Waals surface area (Å²) in [5.41, 5.74) is -0.158. The second-order valence-electron chi connectivity index (χ2n) is 2.91. The Morgan fingerprint density at radius 3 is 2.71 bits per heavy atom. The van der Waals surface area contributed by atoms with Crippen LogP contribution < -0.4 is 5.43 Å². The van der Waals surface area contributed by atoms with Gasteiger partial charge in [-0.05, 0) is 6.07 Å². The number of H-pyrrole nitrogens is 1. The van der Waals surface area contributed by atoms with Crippen molar-refractivity contribution in [1.29, 1.82) is 0 Å². The van der Waals surface area contributed by atoms with Crippen molar-refractivity contribution in [3.8, 4) is 0 Å². The van der Waals surface area contributed by atoms with Crippen LogP contribution in [-0.4, -0.2) is 4.98 Å². The van der Waals surface area contributed by atoms with E-state index in [-0.39, 0.29) is 16.4 Å². The molecule has 1 aromatic heterocycles. The minimum absolute atomic E-state index is 0.0741. The second kappa shape index (κ2) is 3.21. The molecule has 14 heavy (non-hydrogen) atoms. The number of halogens is 2. The fourth-order valence-electron chi connectivity index (χ4n) is 1.44. The highest BCUT2D eigenvalue weighted by Crippen LogP contribution is 2.23. The first kappa shape index (κ1) is 8.87. The predicted molar refractivity (Wildman–Crippen MR) is 49.5 cm³/mol. The van der Waals surface area contributed by atoms with Gasteiger partial charge in [-0.3, -0.25) is 4.79 Å². The van der Waals surface area contributed by atoms with Crippen LogP contribution in [0.15, 0.2) is 35.3 Å². The van der Waals surface area contributed by atoms with Gasteiger partial charge < -0.3 is 4.98 Å². The van der Waals surface area contributed by atoms with Gasteiger partial charge in [-0.1, -0.05) is 12.1 Å². The molecular formula is C10H7F2NO. The number of aromatic nitrogens is 1. The maximum Gasteiger partial charge on any atom is 0.264 e. The van der Waals surface area contributed by atoms with Crippen molar-refractivity contribution < 1.29 is 8.78 Å². The van der Waals surface area contributed by atoms with Crippen LogP contribution >= 0.6 is 0 Å². The second-order valence-corrected chi connectivity index (χ2v) is 2.91. The van der Waals surface area contributed by atoms with Crippen molar-refractivity contribution in [3.05, 3.63) is 46.2 Å². The quantitative estimate of drug-likeness (QED) is 0.744. The zero-order valence-electron chi connectivity index (χ0n) is 7.13. The van der Waals surface area contributed by atoms with Crippen LogP contribution in [0.1, 0.15) is 12.0 Å². The van der Waals surface area contributed by atoms with Crippen LogP contribution in [0.5, 0.6) is 0 Å². The highest BCUT2D eigenvalue weighted by molar-refractivity contribution is 5.81. The molecule has 0 radical (unpaired) electrons. The summed E-state index contributed by atoms with van der Waals surface area (Å²) in [6.07, 6.45) is -1.18. The predicted octanol–water partition coefficient (Wildman–Crippen LogP) is 2.47. The molecule has 0 spiro atoms. The molecule has 0 fully saturated rings. The Bertz CT molecular complexity index is 514. The van der Waals surface area contributed by atoms with Gasteiger partial charge in [0.05, 0.1) is 5.39 Å². The molecule has 1 N–H and O–H groups in total. The summed E-state index contributed by atoms with van der Waals surface area (Å²) >= 11 is 0. The maximum atomic E-state index is 12.5. The number of fused-ring (bicyclic) bond motifs is 1. The lowest BCUT2D eigenvalue weighted by Crippen LogP contribution is -2.03. The Hall–Kier alpha value is -1.71. The molecule has 0 bridgehead atoms. The zero-order valence-corrected chi connectivity index (χ0v) is 7.13. The van der Waals surface area contributed by atoms with Crippen LogP contribution in [0, 0.1) is 0 Å².